The van der Waals surface area contributed by atoms with E-state index in [-0.39, 0.29) is 5.95 Å². The van der Waals surface area contributed by atoms with Crippen molar-refractivity contribution in [3.63, 3.8) is 0 Å². The quantitative estimate of drug-likeness (QED) is 0.650. The van der Waals surface area contributed by atoms with Gasteiger partial charge in [0.05, 0.1) is 0 Å². The van der Waals surface area contributed by atoms with Crippen LogP contribution in [0.3, 0.4) is 0 Å². The van der Waals surface area contributed by atoms with Gasteiger partial charge in [-0.05, 0) is 17.7 Å². The zero-order valence-electron chi connectivity index (χ0n) is 9.96. The average molecular weight is 254 g/mol. The normalized spacial score (nSPS) is 12.6. The highest BCUT2D eigenvalue weighted by molar-refractivity contribution is 5.66. The smallest absolute Gasteiger partial charge is 0.236 e. The molecule has 0 fully saturated rings. The number of nitriles is 1. The first kappa shape index (κ1) is 11.3. The monoisotopic (exact) mass is 254 g/mol. The maximum absolute atomic E-state index is 8.47. The second kappa shape index (κ2) is 4.82. The molecule has 2 heterocycles. The molecule has 0 radical (unpaired) electrons. The highest BCUT2D eigenvalue weighted by Crippen LogP contribution is 2.34. The van der Waals surface area contributed by atoms with E-state index in [0.29, 0.717) is 13.2 Å². The second-order valence-corrected chi connectivity index (χ2v) is 3.89. The van der Waals surface area contributed by atoms with E-state index in [1.165, 1.54) is 0 Å². The van der Waals surface area contributed by atoms with Crippen LogP contribution in [-0.2, 0) is 0 Å². The largest absolute Gasteiger partial charge is 0.486 e. The van der Waals surface area contributed by atoms with Crippen molar-refractivity contribution in [1.82, 2.24) is 9.97 Å². The summed E-state index contributed by atoms with van der Waals surface area (Å²) >= 11 is 0. The molecule has 0 amide bonds. The van der Waals surface area contributed by atoms with Gasteiger partial charge in [-0.1, -0.05) is 6.07 Å². The molecular weight excluding hydrogens is 244 g/mol. The summed E-state index contributed by atoms with van der Waals surface area (Å²) in [6, 6.07) is 5.68. The van der Waals surface area contributed by atoms with E-state index in [0.717, 1.165) is 22.6 Å². The fourth-order valence-electron chi connectivity index (χ4n) is 1.81. The van der Waals surface area contributed by atoms with Gasteiger partial charge in [-0.3, -0.25) is 5.32 Å². The summed E-state index contributed by atoms with van der Waals surface area (Å²) in [6.45, 7) is 1.13. The molecule has 0 atom stereocenters. The molecule has 0 aliphatic carbocycles. The molecule has 0 saturated heterocycles. The highest BCUT2D eigenvalue weighted by atomic mass is 16.6. The Hall–Kier alpha value is -2.81. The van der Waals surface area contributed by atoms with E-state index in [1.807, 2.05) is 18.2 Å². The van der Waals surface area contributed by atoms with Crippen LogP contribution in [0, 0.1) is 11.5 Å². The number of hydrogen-bond donors (Lipinski definition) is 1. The van der Waals surface area contributed by atoms with Gasteiger partial charge >= 0.3 is 0 Å². The molecule has 3 rings (SSSR count). The number of nitrogens with zero attached hydrogens (tertiary/aromatic N) is 3. The van der Waals surface area contributed by atoms with E-state index < -0.39 is 0 Å². The Morgan fingerprint density at radius 1 is 1.05 bits per heavy atom. The van der Waals surface area contributed by atoms with Crippen LogP contribution in [0.5, 0.6) is 11.5 Å². The zero-order chi connectivity index (χ0) is 13.1. The molecule has 1 aromatic heterocycles. The first-order chi connectivity index (χ1) is 9.36. The van der Waals surface area contributed by atoms with E-state index in [9.17, 15) is 0 Å². The summed E-state index contributed by atoms with van der Waals surface area (Å²) < 4.78 is 11.0. The highest BCUT2D eigenvalue weighted by Gasteiger charge is 2.12. The minimum absolute atomic E-state index is 0.281. The third-order valence-corrected chi connectivity index (χ3v) is 2.70. The van der Waals surface area contributed by atoms with Crippen LogP contribution in [0.2, 0.25) is 0 Å². The lowest BCUT2D eigenvalue weighted by atomic mass is 10.1. The summed E-state index contributed by atoms with van der Waals surface area (Å²) in [7, 11) is 0. The van der Waals surface area contributed by atoms with Gasteiger partial charge in [-0.25, -0.2) is 9.97 Å². The summed E-state index contributed by atoms with van der Waals surface area (Å²) in [4.78, 5) is 8.08. The molecule has 1 aliphatic heterocycles. The Kier molecular flexibility index (Phi) is 2.86. The maximum Gasteiger partial charge on any atom is 0.236 e. The van der Waals surface area contributed by atoms with Gasteiger partial charge in [0.25, 0.3) is 0 Å². The lowest BCUT2D eigenvalue weighted by molar-refractivity contribution is 0.171. The number of aromatic nitrogens is 2. The molecule has 1 N–H and O–H groups in total. The molecule has 0 saturated carbocycles. The predicted molar refractivity (Wildman–Crippen MR) is 67.7 cm³/mol. The van der Waals surface area contributed by atoms with Crippen molar-refractivity contribution in [2.75, 3.05) is 18.5 Å². The fraction of sp³-hybridized carbons (Fsp3) is 0.154. The van der Waals surface area contributed by atoms with Crippen LogP contribution in [0.15, 0.2) is 30.6 Å². The van der Waals surface area contributed by atoms with Crippen LogP contribution in [0.1, 0.15) is 0 Å². The Labute approximate surface area is 109 Å². The van der Waals surface area contributed by atoms with Gasteiger partial charge in [-0.15, -0.1) is 0 Å². The van der Waals surface area contributed by atoms with Gasteiger partial charge in [0, 0.05) is 18.0 Å². The standard InChI is InChI=1S/C13H10N4O2/c14-8-17-13-15-6-10(7-16-13)9-1-2-11-12(5-9)19-4-3-18-11/h1-2,5-7H,3-4H2,(H,15,16,17). The Balaban J connectivity index is 1.91. The van der Waals surface area contributed by atoms with E-state index >= 15 is 0 Å². The number of nitrogens with one attached hydrogen (secondary N) is 1. The summed E-state index contributed by atoms with van der Waals surface area (Å²) in [5.41, 5.74) is 1.79. The number of fused-ring (bicyclic) bond motifs is 1. The van der Waals surface area contributed by atoms with Crippen LogP contribution >= 0.6 is 0 Å². The number of ether oxygens (including phenoxy) is 2. The molecule has 6 heteroatoms. The lowest BCUT2D eigenvalue weighted by Crippen LogP contribution is -2.15. The van der Waals surface area contributed by atoms with Gasteiger partial charge < -0.3 is 9.47 Å². The minimum Gasteiger partial charge on any atom is -0.486 e. The van der Waals surface area contributed by atoms with E-state index in [2.05, 4.69) is 15.3 Å². The van der Waals surface area contributed by atoms with Crippen LogP contribution < -0.4 is 14.8 Å². The Bertz CT molecular complexity index is 634. The Morgan fingerprint density at radius 2 is 1.79 bits per heavy atom. The number of rotatable bonds is 2. The van der Waals surface area contributed by atoms with Crippen molar-refractivity contribution in [3.05, 3.63) is 30.6 Å². The van der Waals surface area contributed by atoms with Gasteiger partial charge in [-0.2, -0.15) is 5.26 Å². The van der Waals surface area contributed by atoms with Crippen molar-refractivity contribution < 1.29 is 9.47 Å². The van der Waals surface area contributed by atoms with Crippen molar-refractivity contribution in [2.24, 2.45) is 0 Å². The molecule has 1 aromatic carbocycles. The molecule has 94 valence electrons. The average Bonchev–Trinajstić information content (AvgIpc) is 2.48. The number of anilines is 1. The minimum atomic E-state index is 0.281. The fourth-order valence-corrected chi connectivity index (χ4v) is 1.81. The number of hydrogen-bond acceptors (Lipinski definition) is 6. The van der Waals surface area contributed by atoms with Crippen LogP contribution in [0.25, 0.3) is 11.1 Å². The summed E-state index contributed by atoms with van der Waals surface area (Å²) in [5, 5.41) is 10.8. The van der Waals surface area contributed by atoms with E-state index in [4.69, 9.17) is 14.7 Å². The lowest BCUT2D eigenvalue weighted by Gasteiger charge is -2.18. The van der Waals surface area contributed by atoms with Crippen molar-refractivity contribution in [1.29, 1.82) is 5.26 Å². The first-order valence-corrected chi connectivity index (χ1v) is 5.74. The molecule has 0 spiro atoms. The topological polar surface area (TPSA) is 80.1 Å². The van der Waals surface area contributed by atoms with Crippen molar-refractivity contribution in [3.8, 4) is 28.8 Å². The SMILES string of the molecule is N#CNc1ncc(-c2ccc3c(c2)OCCO3)cn1. The summed E-state index contributed by atoms with van der Waals surface area (Å²) in [5.74, 6) is 1.76. The summed E-state index contributed by atoms with van der Waals surface area (Å²) in [6.07, 6.45) is 5.07. The van der Waals surface area contributed by atoms with Gasteiger partial charge in [0.2, 0.25) is 5.95 Å². The first-order valence-electron chi connectivity index (χ1n) is 5.74. The van der Waals surface area contributed by atoms with Crippen LogP contribution in [0.4, 0.5) is 5.95 Å². The third-order valence-electron chi connectivity index (χ3n) is 2.70. The van der Waals surface area contributed by atoms with Crippen molar-refractivity contribution >= 4 is 5.95 Å². The zero-order valence-corrected chi connectivity index (χ0v) is 9.96. The molecule has 0 unspecified atom stereocenters. The Morgan fingerprint density at radius 3 is 2.53 bits per heavy atom. The molecular formula is C13H10N4O2. The van der Waals surface area contributed by atoms with Crippen LogP contribution in [-0.4, -0.2) is 23.2 Å². The molecule has 1 aliphatic rings. The third kappa shape index (κ3) is 2.26. The number of benzene rings is 1. The predicted octanol–water partition coefficient (Wildman–Crippen LogP) is 1.81. The second-order valence-electron chi connectivity index (χ2n) is 3.89. The van der Waals surface area contributed by atoms with Gasteiger partial charge in [0.15, 0.2) is 17.7 Å². The molecule has 6 nitrogen and oxygen atoms in total. The molecule has 0 bridgehead atoms. The van der Waals surface area contributed by atoms with Crippen molar-refractivity contribution in [2.45, 2.75) is 0 Å². The maximum atomic E-state index is 8.47. The van der Waals surface area contributed by atoms with E-state index in [1.54, 1.807) is 18.6 Å². The molecule has 2 aromatic rings. The molecule has 19 heavy (non-hydrogen) atoms. The van der Waals surface area contributed by atoms with Gasteiger partial charge in [0.1, 0.15) is 13.2 Å².